The maximum Gasteiger partial charge on any atom is 0.328 e. The van der Waals surface area contributed by atoms with E-state index in [-0.39, 0.29) is 11.9 Å². The molecular weight excluding hydrogens is 270 g/mol. The van der Waals surface area contributed by atoms with Gasteiger partial charge in [0, 0.05) is 18.2 Å². The summed E-state index contributed by atoms with van der Waals surface area (Å²) in [6.07, 6.45) is 3.40. The van der Waals surface area contributed by atoms with Gasteiger partial charge in [-0.3, -0.25) is 4.79 Å². The van der Waals surface area contributed by atoms with Crippen LogP contribution in [0.4, 0.5) is 0 Å². The van der Waals surface area contributed by atoms with Gasteiger partial charge in [0.2, 0.25) is 0 Å². The average molecular weight is 289 g/mol. The van der Waals surface area contributed by atoms with Gasteiger partial charge in [0.25, 0.3) is 5.91 Å². The minimum Gasteiger partial charge on any atom is -0.478 e. The van der Waals surface area contributed by atoms with E-state index in [0.29, 0.717) is 30.9 Å². The summed E-state index contributed by atoms with van der Waals surface area (Å²) in [5.41, 5.74) is 1.27. The smallest absolute Gasteiger partial charge is 0.328 e. The van der Waals surface area contributed by atoms with E-state index in [1.165, 1.54) is 6.08 Å². The lowest BCUT2D eigenvalue weighted by Gasteiger charge is -2.35. The van der Waals surface area contributed by atoms with E-state index in [2.05, 4.69) is 0 Å². The zero-order chi connectivity index (χ0) is 15.2. The normalized spacial score (nSPS) is 18.9. The van der Waals surface area contributed by atoms with Gasteiger partial charge in [0.15, 0.2) is 0 Å². The average Bonchev–Trinajstić information content (AvgIpc) is 2.52. The number of ether oxygens (including phenoxy) is 1. The summed E-state index contributed by atoms with van der Waals surface area (Å²) in [6, 6.07) is 7.10. The number of carbonyl (C=O) groups excluding carboxylic acids is 1. The van der Waals surface area contributed by atoms with Crippen LogP contribution >= 0.6 is 0 Å². The van der Waals surface area contributed by atoms with Crippen LogP contribution in [0.1, 0.15) is 29.3 Å². The van der Waals surface area contributed by atoms with Gasteiger partial charge < -0.3 is 14.7 Å². The molecular formula is C16H19NO4. The van der Waals surface area contributed by atoms with Crippen LogP contribution in [-0.2, 0) is 9.53 Å². The molecule has 5 nitrogen and oxygen atoms in total. The van der Waals surface area contributed by atoms with Gasteiger partial charge in [-0.05, 0) is 30.2 Å². The number of benzene rings is 1. The van der Waals surface area contributed by atoms with Gasteiger partial charge >= 0.3 is 5.97 Å². The van der Waals surface area contributed by atoms with Crippen LogP contribution in [0.2, 0.25) is 0 Å². The zero-order valence-corrected chi connectivity index (χ0v) is 12.0. The molecule has 21 heavy (non-hydrogen) atoms. The van der Waals surface area contributed by atoms with E-state index in [4.69, 9.17) is 9.84 Å². The second kappa shape index (κ2) is 7.04. The van der Waals surface area contributed by atoms with Crippen LogP contribution in [0.15, 0.2) is 30.3 Å². The van der Waals surface area contributed by atoms with Crippen molar-refractivity contribution in [2.75, 3.05) is 19.8 Å². The van der Waals surface area contributed by atoms with Crippen LogP contribution in [0.3, 0.4) is 0 Å². The van der Waals surface area contributed by atoms with E-state index >= 15 is 0 Å². The number of nitrogens with zero attached hydrogens (tertiary/aromatic N) is 1. The highest BCUT2D eigenvalue weighted by Crippen LogP contribution is 2.16. The minimum absolute atomic E-state index is 0.0317. The molecule has 1 aromatic rings. The number of rotatable bonds is 4. The minimum atomic E-state index is -1.01. The summed E-state index contributed by atoms with van der Waals surface area (Å²) in [5, 5.41) is 8.65. The van der Waals surface area contributed by atoms with Gasteiger partial charge in [-0.15, -0.1) is 0 Å². The molecule has 1 aliphatic rings. The predicted octanol–water partition coefficient (Wildman–Crippen LogP) is 2.04. The van der Waals surface area contributed by atoms with Crippen LogP contribution < -0.4 is 0 Å². The molecule has 0 bridgehead atoms. The summed E-state index contributed by atoms with van der Waals surface area (Å²) in [7, 11) is 0. The summed E-state index contributed by atoms with van der Waals surface area (Å²) in [6.45, 7) is 3.75. The van der Waals surface area contributed by atoms with Crippen LogP contribution in [-0.4, -0.2) is 47.7 Å². The highest BCUT2D eigenvalue weighted by Gasteiger charge is 2.26. The largest absolute Gasteiger partial charge is 0.478 e. The number of hydrogen-bond donors (Lipinski definition) is 1. The Labute approximate surface area is 123 Å². The third kappa shape index (κ3) is 3.92. The molecule has 1 atom stereocenters. The Morgan fingerprint density at radius 2 is 2.29 bits per heavy atom. The number of carboxylic acid groups (broad SMARTS) is 1. The molecule has 1 N–H and O–H groups in total. The first-order chi connectivity index (χ1) is 10.1. The molecule has 1 unspecified atom stereocenters. The summed E-state index contributed by atoms with van der Waals surface area (Å²) in [4.78, 5) is 25.0. The second-order valence-corrected chi connectivity index (χ2v) is 4.93. The van der Waals surface area contributed by atoms with E-state index in [1.807, 2.05) is 11.8 Å². The second-order valence-electron chi connectivity index (χ2n) is 4.93. The highest BCUT2D eigenvalue weighted by molar-refractivity contribution is 5.95. The van der Waals surface area contributed by atoms with Gasteiger partial charge in [-0.25, -0.2) is 4.79 Å². The van der Waals surface area contributed by atoms with Gasteiger partial charge in [-0.1, -0.05) is 19.1 Å². The lowest BCUT2D eigenvalue weighted by molar-refractivity contribution is -0.131. The quantitative estimate of drug-likeness (QED) is 0.861. The molecule has 0 spiro atoms. The number of morpholine rings is 1. The van der Waals surface area contributed by atoms with Crippen molar-refractivity contribution in [3.8, 4) is 0 Å². The first-order valence-corrected chi connectivity index (χ1v) is 7.01. The van der Waals surface area contributed by atoms with Crippen molar-refractivity contribution in [1.29, 1.82) is 0 Å². The topological polar surface area (TPSA) is 66.8 Å². The number of hydrogen-bond acceptors (Lipinski definition) is 3. The Balaban J connectivity index is 2.18. The van der Waals surface area contributed by atoms with Crippen molar-refractivity contribution in [1.82, 2.24) is 4.90 Å². The molecule has 1 saturated heterocycles. The van der Waals surface area contributed by atoms with E-state index in [9.17, 15) is 9.59 Å². The molecule has 5 heteroatoms. The Hall–Kier alpha value is -2.14. The Morgan fingerprint density at radius 3 is 3.00 bits per heavy atom. The van der Waals surface area contributed by atoms with Crippen molar-refractivity contribution >= 4 is 18.0 Å². The van der Waals surface area contributed by atoms with Gasteiger partial charge in [-0.2, -0.15) is 0 Å². The van der Waals surface area contributed by atoms with Crippen molar-refractivity contribution in [2.45, 2.75) is 19.4 Å². The Morgan fingerprint density at radius 1 is 1.48 bits per heavy atom. The molecule has 1 aromatic carbocycles. The fraction of sp³-hybridized carbons (Fsp3) is 0.375. The Bertz CT molecular complexity index is 553. The third-order valence-corrected chi connectivity index (χ3v) is 3.51. The molecule has 1 fully saturated rings. The SMILES string of the molecule is CCC1COCCN1C(=O)c1cccc(C=CC(=O)O)c1. The maximum atomic E-state index is 12.6. The molecule has 2 rings (SSSR count). The van der Waals surface area contributed by atoms with Crippen molar-refractivity contribution in [3.63, 3.8) is 0 Å². The number of aliphatic carboxylic acids is 1. The van der Waals surface area contributed by atoms with Crippen molar-refractivity contribution < 1.29 is 19.4 Å². The molecule has 112 valence electrons. The maximum absolute atomic E-state index is 12.6. The molecule has 0 aliphatic carbocycles. The standard InChI is InChI=1S/C16H19NO4/c1-2-14-11-21-9-8-17(14)16(20)13-5-3-4-12(10-13)6-7-15(18)19/h3-7,10,14H,2,8-9,11H2,1H3,(H,18,19). The molecule has 1 amide bonds. The fourth-order valence-electron chi connectivity index (χ4n) is 2.37. The first-order valence-electron chi connectivity index (χ1n) is 7.01. The first kappa shape index (κ1) is 15.3. The fourth-order valence-corrected chi connectivity index (χ4v) is 2.37. The monoisotopic (exact) mass is 289 g/mol. The predicted molar refractivity (Wildman–Crippen MR) is 79.0 cm³/mol. The summed E-state index contributed by atoms with van der Waals surface area (Å²) >= 11 is 0. The summed E-state index contributed by atoms with van der Waals surface area (Å²) in [5.74, 6) is -1.04. The molecule has 0 radical (unpaired) electrons. The Kier molecular flexibility index (Phi) is 5.11. The van der Waals surface area contributed by atoms with Crippen molar-refractivity contribution in [3.05, 3.63) is 41.5 Å². The van der Waals surface area contributed by atoms with Gasteiger partial charge in [0.05, 0.1) is 19.3 Å². The van der Waals surface area contributed by atoms with E-state index in [0.717, 1.165) is 12.5 Å². The number of amides is 1. The van der Waals surface area contributed by atoms with E-state index in [1.54, 1.807) is 24.3 Å². The van der Waals surface area contributed by atoms with Crippen LogP contribution in [0.5, 0.6) is 0 Å². The van der Waals surface area contributed by atoms with E-state index < -0.39 is 5.97 Å². The van der Waals surface area contributed by atoms with Crippen LogP contribution in [0.25, 0.3) is 6.08 Å². The zero-order valence-electron chi connectivity index (χ0n) is 12.0. The third-order valence-electron chi connectivity index (χ3n) is 3.51. The lowest BCUT2D eigenvalue weighted by atomic mass is 10.1. The molecule has 0 saturated carbocycles. The molecule has 1 heterocycles. The molecule has 0 aromatic heterocycles. The van der Waals surface area contributed by atoms with Crippen LogP contribution in [0, 0.1) is 0 Å². The lowest BCUT2D eigenvalue weighted by Crippen LogP contribution is -2.48. The van der Waals surface area contributed by atoms with Crippen molar-refractivity contribution in [2.24, 2.45) is 0 Å². The number of carboxylic acids is 1. The number of carbonyl (C=O) groups is 2. The molecule has 1 aliphatic heterocycles. The van der Waals surface area contributed by atoms with Gasteiger partial charge in [0.1, 0.15) is 0 Å². The highest BCUT2D eigenvalue weighted by atomic mass is 16.5. The summed E-state index contributed by atoms with van der Waals surface area (Å²) < 4.78 is 5.41.